The van der Waals surface area contributed by atoms with Gasteiger partial charge in [-0.25, -0.2) is 0 Å². The van der Waals surface area contributed by atoms with Crippen LogP contribution in [0.5, 0.6) is 0 Å². The average Bonchev–Trinajstić information content (AvgIpc) is 3.11. The van der Waals surface area contributed by atoms with Crippen LogP contribution in [0.1, 0.15) is 44.7 Å². The maximum absolute atomic E-state index is 3.48. The van der Waals surface area contributed by atoms with Crippen molar-refractivity contribution in [3.63, 3.8) is 0 Å². The fraction of sp³-hybridized carbons (Fsp3) is 0.684. The molecule has 0 aromatic heterocycles. The van der Waals surface area contributed by atoms with Crippen molar-refractivity contribution in [2.24, 2.45) is 5.92 Å². The molecule has 22 heavy (non-hydrogen) atoms. The van der Waals surface area contributed by atoms with Crippen LogP contribution in [0.4, 0.5) is 5.69 Å². The number of hydrogen-bond acceptors (Lipinski definition) is 3. The molecule has 2 aliphatic rings. The first-order valence-electron chi connectivity index (χ1n) is 9.09. The minimum Gasteiger partial charge on any atom is -0.372 e. The Morgan fingerprint density at radius 3 is 2.23 bits per heavy atom. The van der Waals surface area contributed by atoms with Gasteiger partial charge in [0.15, 0.2) is 0 Å². The van der Waals surface area contributed by atoms with Crippen molar-refractivity contribution in [2.75, 3.05) is 44.2 Å². The lowest BCUT2D eigenvalue weighted by Crippen LogP contribution is -2.46. The minimum atomic E-state index is 0.569. The van der Waals surface area contributed by atoms with Gasteiger partial charge in [0, 0.05) is 51.0 Å². The SMILES string of the molecule is CCC(C)[C@H](c1ccc(N2CCCC2)cc1)N1CCNCC1. The average molecular weight is 301 g/mol. The summed E-state index contributed by atoms with van der Waals surface area (Å²) in [4.78, 5) is 5.20. The van der Waals surface area contributed by atoms with E-state index in [0.29, 0.717) is 12.0 Å². The van der Waals surface area contributed by atoms with E-state index in [0.717, 1.165) is 13.1 Å². The summed E-state index contributed by atoms with van der Waals surface area (Å²) in [6.07, 6.45) is 3.93. The zero-order valence-corrected chi connectivity index (χ0v) is 14.2. The summed E-state index contributed by atoms with van der Waals surface area (Å²) in [6.45, 7) is 11.8. The van der Waals surface area contributed by atoms with E-state index in [4.69, 9.17) is 0 Å². The monoisotopic (exact) mass is 301 g/mol. The fourth-order valence-corrected chi connectivity index (χ4v) is 3.94. The number of piperazine rings is 1. The lowest BCUT2D eigenvalue weighted by atomic mass is 9.90. The molecular weight excluding hydrogens is 270 g/mol. The van der Waals surface area contributed by atoms with Crippen LogP contribution in [0.3, 0.4) is 0 Å². The van der Waals surface area contributed by atoms with Crippen molar-refractivity contribution in [1.82, 2.24) is 10.2 Å². The smallest absolute Gasteiger partial charge is 0.0374 e. The molecule has 0 spiro atoms. The van der Waals surface area contributed by atoms with Gasteiger partial charge in [-0.3, -0.25) is 4.90 Å². The lowest BCUT2D eigenvalue weighted by Gasteiger charge is -2.38. The Morgan fingerprint density at radius 2 is 1.64 bits per heavy atom. The number of hydrogen-bond donors (Lipinski definition) is 1. The molecule has 0 aliphatic carbocycles. The Balaban J connectivity index is 1.77. The summed E-state index contributed by atoms with van der Waals surface area (Å²) < 4.78 is 0. The van der Waals surface area contributed by atoms with Crippen molar-refractivity contribution in [3.8, 4) is 0 Å². The lowest BCUT2D eigenvalue weighted by molar-refractivity contribution is 0.128. The number of nitrogens with zero attached hydrogens (tertiary/aromatic N) is 2. The van der Waals surface area contributed by atoms with Crippen molar-refractivity contribution in [2.45, 2.75) is 39.2 Å². The summed E-state index contributed by atoms with van der Waals surface area (Å²) in [6, 6.07) is 10.0. The summed E-state index contributed by atoms with van der Waals surface area (Å²) in [5, 5.41) is 3.48. The Kier molecular flexibility index (Phi) is 5.37. The molecule has 2 fully saturated rings. The van der Waals surface area contributed by atoms with Crippen LogP contribution in [0, 0.1) is 5.92 Å². The van der Waals surface area contributed by atoms with Crippen LogP contribution in [0.2, 0.25) is 0 Å². The first-order chi connectivity index (χ1) is 10.8. The van der Waals surface area contributed by atoms with Gasteiger partial charge in [-0.05, 0) is 36.5 Å². The topological polar surface area (TPSA) is 18.5 Å². The molecule has 1 unspecified atom stereocenters. The predicted octanol–water partition coefficient (Wildman–Crippen LogP) is 3.28. The largest absolute Gasteiger partial charge is 0.372 e. The summed E-state index contributed by atoms with van der Waals surface area (Å²) >= 11 is 0. The van der Waals surface area contributed by atoms with Gasteiger partial charge in [0.1, 0.15) is 0 Å². The molecule has 3 rings (SSSR count). The van der Waals surface area contributed by atoms with E-state index in [1.807, 2.05) is 0 Å². The van der Waals surface area contributed by atoms with E-state index < -0.39 is 0 Å². The molecule has 1 N–H and O–H groups in total. The molecule has 0 saturated carbocycles. The van der Waals surface area contributed by atoms with Crippen molar-refractivity contribution in [3.05, 3.63) is 29.8 Å². The highest BCUT2D eigenvalue weighted by molar-refractivity contribution is 5.48. The first kappa shape index (κ1) is 15.8. The summed E-state index contributed by atoms with van der Waals surface area (Å²) in [7, 11) is 0. The van der Waals surface area contributed by atoms with Crippen molar-refractivity contribution in [1.29, 1.82) is 0 Å². The van der Waals surface area contributed by atoms with Crippen LogP contribution >= 0.6 is 0 Å². The van der Waals surface area contributed by atoms with Crippen LogP contribution in [-0.2, 0) is 0 Å². The highest BCUT2D eigenvalue weighted by Crippen LogP contribution is 2.32. The van der Waals surface area contributed by atoms with Gasteiger partial charge in [0.25, 0.3) is 0 Å². The first-order valence-corrected chi connectivity index (χ1v) is 9.09. The molecule has 122 valence electrons. The molecule has 2 aliphatic heterocycles. The Labute approximate surface area is 135 Å². The van der Waals surface area contributed by atoms with E-state index in [-0.39, 0.29) is 0 Å². The molecule has 0 amide bonds. The van der Waals surface area contributed by atoms with Gasteiger partial charge >= 0.3 is 0 Å². The third-order valence-electron chi connectivity index (χ3n) is 5.43. The molecule has 1 aromatic rings. The highest BCUT2D eigenvalue weighted by Gasteiger charge is 2.26. The molecule has 3 nitrogen and oxygen atoms in total. The van der Waals surface area contributed by atoms with E-state index in [1.165, 1.54) is 56.7 Å². The standard InChI is InChI=1S/C19H31N3/c1-3-16(2)19(22-14-10-20-11-15-22)17-6-8-18(9-7-17)21-12-4-5-13-21/h6-9,16,19-20H,3-5,10-15H2,1-2H3/t16?,19-/m1/s1. The molecule has 2 heterocycles. The third-order valence-corrected chi connectivity index (χ3v) is 5.43. The number of anilines is 1. The van der Waals surface area contributed by atoms with Crippen LogP contribution < -0.4 is 10.2 Å². The van der Waals surface area contributed by atoms with E-state index in [9.17, 15) is 0 Å². The fourth-order valence-electron chi connectivity index (χ4n) is 3.94. The summed E-state index contributed by atoms with van der Waals surface area (Å²) in [5.41, 5.74) is 2.91. The van der Waals surface area contributed by atoms with Crippen LogP contribution in [-0.4, -0.2) is 44.2 Å². The van der Waals surface area contributed by atoms with Crippen molar-refractivity contribution >= 4 is 5.69 Å². The highest BCUT2D eigenvalue weighted by atomic mass is 15.2. The van der Waals surface area contributed by atoms with Gasteiger partial charge in [-0.15, -0.1) is 0 Å². The Bertz CT molecular complexity index is 444. The molecule has 0 bridgehead atoms. The minimum absolute atomic E-state index is 0.569. The van der Waals surface area contributed by atoms with E-state index in [1.54, 1.807) is 0 Å². The van der Waals surface area contributed by atoms with Gasteiger partial charge in [0.2, 0.25) is 0 Å². The second kappa shape index (κ2) is 7.47. The molecule has 3 heteroatoms. The van der Waals surface area contributed by atoms with Gasteiger partial charge in [-0.2, -0.15) is 0 Å². The molecule has 0 radical (unpaired) electrons. The predicted molar refractivity (Wildman–Crippen MR) is 94.5 cm³/mol. The normalized spacial score (nSPS) is 22.7. The maximum Gasteiger partial charge on any atom is 0.0374 e. The molecule has 1 aromatic carbocycles. The second-order valence-electron chi connectivity index (χ2n) is 6.90. The third kappa shape index (κ3) is 3.47. The zero-order valence-electron chi connectivity index (χ0n) is 14.2. The number of nitrogens with one attached hydrogen (secondary N) is 1. The van der Waals surface area contributed by atoms with E-state index in [2.05, 4.69) is 53.2 Å². The Hall–Kier alpha value is -1.06. The summed E-state index contributed by atoms with van der Waals surface area (Å²) in [5.74, 6) is 0.704. The van der Waals surface area contributed by atoms with Gasteiger partial charge in [0.05, 0.1) is 0 Å². The van der Waals surface area contributed by atoms with E-state index >= 15 is 0 Å². The Morgan fingerprint density at radius 1 is 1.00 bits per heavy atom. The molecule has 2 saturated heterocycles. The molecule has 2 atom stereocenters. The number of rotatable bonds is 5. The van der Waals surface area contributed by atoms with Crippen LogP contribution in [0.25, 0.3) is 0 Å². The zero-order chi connectivity index (χ0) is 15.4. The van der Waals surface area contributed by atoms with Crippen molar-refractivity contribution < 1.29 is 0 Å². The maximum atomic E-state index is 3.48. The molecular formula is C19H31N3. The van der Waals surface area contributed by atoms with Gasteiger partial charge < -0.3 is 10.2 Å². The second-order valence-corrected chi connectivity index (χ2v) is 6.90. The van der Waals surface area contributed by atoms with Gasteiger partial charge in [-0.1, -0.05) is 32.4 Å². The quantitative estimate of drug-likeness (QED) is 0.900. The van der Waals surface area contributed by atoms with Crippen LogP contribution in [0.15, 0.2) is 24.3 Å². The number of benzene rings is 1.